The number of aliphatic hydroxyl groups excluding tert-OH is 1. The number of nitrogens with one attached hydrogen (secondary N) is 1. The van der Waals surface area contributed by atoms with Crippen LogP contribution in [0.5, 0.6) is 0 Å². The molecule has 11 atom stereocenters. The third-order valence-corrected chi connectivity index (χ3v) is 14.3. The molecule has 13 nitrogen and oxygen atoms in total. The molecule has 1 amide bonds. The molecule has 1 saturated heterocycles. The van der Waals surface area contributed by atoms with Crippen molar-refractivity contribution in [1.82, 2.24) is 5.32 Å². The zero-order valence-corrected chi connectivity index (χ0v) is 35.6. The van der Waals surface area contributed by atoms with Crippen LogP contribution in [0.1, 0.15) is 93.1 Å². The molecule has 4 aliphatic rings. The number of amides is 1. The monoisotopic (exact) mass is 837 g/mol. The molecule has 2 bridgehead atoms. The number of rotatable bonds is 11. The molecule has 324 valence electrons. The van der Waals surface area contributed by atoms with Gasteiger partial charge in [-0.25, -0.2) is 9.59 Å². The Morgan fingerprint density at radius 2 is 1.49 bits per heavy atom. The predicted molar refractivity (Wildman–Crippen MR) is 221 cm³/mol. The van der Waals surface area contributed by atoms with Crippen molar-refractivity contribution < 1.29 is 58.9 Å². The Kier molecular flexibility index (Phi) is 11.9. The van der Waals surface area contributed by atoms with E-state index in [9.17, 15) is 29.4 Å². The maximum absolute atomic E-state index is 15.2. The van der Waals surface area contributed by atoms with Crippen molar-refractivity contribution in [2.45, 2.75) is 103 Å². The van der Waals surface area contributed by atoms with Gasteiger partial charge >= 0.3 is 17.9 Å². The highest BCUT2D eigenvalue weighted by Gasteiger charge is 2.74. The van der Waals surface area contributed by atoms with E-state index < -0.39 is 94.1 Å². The lowest BCUT2D eigenvalue weighted by Gasteiger charge is -2.68. The zero-order valence-electron chi connectivity index (χ0n) is 35.6. The van der Waals surface area contributed by atoms with E-state index in [4.69, 9.17) is 18.9 Å². The average Bonchev–Trinajstić information content (AvgIpc) is 3.24. The van der Waals surface area contributed by atoms with Crippen LogP contribution in [0.4, 0.5) is 0 Å². The number of quaternary nitrogens is 1. The Labute approximate surface area is 356 Å². The number of hydrogen-bond acceptors (Lipinski definition) is 11. The van der Waals surface area contributed by atoms with Gasteiger partial charge in [0.25, 0.3) is 5.91 Å². The summed E-state index contributed by atoms with van der Waals surface area (Å²) < 4.78 is 24.8. The van der Waals surface area contributed by atoms with Gasteiger partial charge in [-0.3, -0.25) is 14.4 Å². The van der Waals surface area contributed by atoms with Crippen molar-refractivity contribution in [3.63, 3.8) is 0 Å². The summed E-state index contributed by atoms with van der Waals surface area (Å²) in [5, 5.41) is 28.5. The molecule has 61 heavy (non-hydrogen) atoms. The van der Waals surface area contributed by atoms with Crippen LogP contribution < -0.4 is 11.1 Å². The first-order valence-corrected chi connectivity index (χ1v) is 21.0. The highest BCUT2D eigenvalue weighted by atomic mass is 16.6. The summed E-state index contributed by atoms with van der Waals surface area (Å²) >= 11 is 0. The van der Waals surface area contributed by atoms with Gasteiger partial charge in [0.05, 0.1) is 42.8 Å². The number of Topliss-reactive ketones (excluding diaryl/α,β-unsaturated/α-hetero) is 1. The summed E-state index contributed by atoms with van der Waals surface area (Å²) in [6, 6.07) is 24.1. The van der Waals surface area contributed by atoms with E-state index in [1.165, 1.54) is 0 Å². The molecule has 0 spiro atoms. The molecule has 0 radical (unpaired) electrons. The molecule has 7 rings (SSSR count). The van der Waals surface area contributed by atoms with Crippen LogP contribution in [0, 0.1) is 28.1 Å². The van der Waals surface area contributed by atoms with Gasteiger partial charge < -0.3 is 40.2 Å². The van der Waals surface area contributed by atoms with Crippen LogP contribution in [0.3, 0.4) is 0 Å². The normalized spacial score (nSPS) is 32.3. The highest BCUT2D eigenvalue weighted by Crippen LogP contribution is 2.66. The number of carbonyl (C=O) groups is 5. The van der Waals surface area contributed by atoms with Crippen LogP contribution in [0.15, 0.2) is 102 Å². The molecule has 2 saturated carbocycles. The van der Waals surface area contributed by atoms with Crippen molar-refractivity contribution >= 4 is 29.6 Å². The van der Waals surface area contributed by atoms with Crippen LogP contribution in [0.25, 0.3) is 0 Å². The summed E-state index contributed by atoms with van der Waals surface area (Å²) in [4.78, 5) is 71.3. The number of ketones is 1. The van der Waals surface area contributed by atoms with Crippen LogP contribution in [0.2, 0.25) is 0 Å². The maximum Gasteiger partial charge on any atom is 0.350 e. The molecule has 3 aromatic rings. The Morgan fingerprint density at radius 3 is 2.07 bits per heavy atom. The lowest BCUT2D eigenvalue weighted by Crippen LogP contribution is -2.77. The van der Waals surface area contributed by atoms with Crippen molar-refractivity contribution in [2.24, 2.45) is 28.1 Å². The standard InChI is InChI=1S/C48H56N2O11/c1-27-32(59-44(56)38(60-35(52)22-23-49)37(29-16-10-7-11-17-29)50-42(54)30-18-12-8-13-19-30)25-48(57)41(61-43(55)31-20-14-9-15-21-31)39-46(5)26-58-34(46)24-33(51)47(39,6)40(53)28(2)36(27)45(48,3)4/h7-21,28,32-34,37-39,41,51,57H,22-26,49H2,1-6H3,(H,50,54)/p+1/t28-,32+,33+,34?,37?,38-,39?,41+,46-,47-,48-/m1/s1. The number of aliphatic hydroxyl groups is 2. The Balaban J connectivity index is 1.35. The largest absolute Gasteiger partial charge is 0.455 e. The Hall–Kier alpha value is -5.21. The van der Waals surface area contributed by atoms with E-state index in [0.29, 0.717) is 22.3 Å². The van der Waals surface area contributed by atoms with E-state index in [2.05, 4.69) is 11.1 Å². The second kappa shape index (κ2) is 16.6. The second-order valence-electron chi connectivity index (χ2n) is 18.1. The fourth-order valence-corrected chi connectivity index (χ4v) is 10.9. The fraction of sp³-hybridized carbons (Fsp3) is 0.479. The molecule has 13 heteroatoms. The Morgan fingerprint density at radius 1 is 0.902 bits per heavy atom. The number of benzene rings is 3. The van der Waals surface area contributed by atoms with Gasteiger partial charge in [-0.05, 0) is 54.8 Å². The number of hydrogen-bond donors (Lipinski definition) is 4. The van der Waals surface area contributed by atoms with E-state index in [1.807, 2.05) is 6.92 Å². The highest BCUT2D eigenvalue weighted by molar-refractivity contribution is 5.95. The van der Waals surface area contributed by atoms with E-state index in [0.717, 1.165) is 0 Å². The zero-order chi connectivity index (χ0) is 44.1. The van der Waals surface area contributed by atoms with Gasteiger partial charge in [0, 0.05) is 41.1 Å². The molecule has 3 aliphatic carbocycles. The molecular weight excluding hydrogens is 781 g/mol. The number of carbonyl (C=O) groups excluding carboxylic acids is 5. The molecular formula is C48H57N2O11+. The first kappa shape index (κ1) is 43.9. The summed E-state index contributed by atoms with van der Waals surface area (Å²) in [5.41, 5.74) is 0.0648. The average molecular weight is 838 g/mol. The van der Waals surface area contributed by atoms with E-state index in [-0.39, 0.29) is 43.8 Å². The van der Waals surface area contributed by atoms with Crippen molar-refractivity contribution in [2.75, 3.05) is 13.2 Å². The Bertz CT molecular complexity index is 2200. The van der Waals surface area contributed by atoms with Crippen molar-refractivity contribution in [1.29, 1.82) is 0 Å². The fourth-order valence-electron chi connectivity index (χ4n) is 10.9. The molecule has 3 unspecified atom stereocenters. The second-order valence-corrected chi connectivity index (χ2v) is 18.1. The predicted octanol–water partition coefficient (Wildman–Crippen LogP) is 4.33. The summed E-state index contributed by atoms with van der Waals surface area (Å²) in [7, 11) is 0. The lowest BCUT2D eigenvalue weighted by atomic mass is 9.41. The van der Waals surface area contributed by atoms with Gasteiger partial charge in [-0.1, -0.05) is 94.4 Å². The topological polar surface area (TPSA) is 202 Å². The molecule has 6 N–H and O–H groups in total. The van der Waals surface area contributed by atoms with Crippen molar-refractivity contribution in [3.05, 3.63) is 119 Å². The van der Waals surface area contributed by atoms with Gasteiger partial charge in [0.2, 0.25) is 6.10 Å². The number of ether oxygens (including phenoxy) is 4. The minimum absolute atomic E-state index is 0.123. The quantitative estimate of drug-likeness (QED) is 0.122. The first-order valence-electron chi connectivity index (χ1n) is 21.0. The maximum atomic E-state index is 15.2. The van der Waals surface area contributed by atoms with E-state index >= 15 is 4.79 Å². The van der Waals surface area contributed by atoms with Gasteiger partial charge in [-0.2, -0.15) is 0 Å². The van der Waals surface area contributed by atoms with Gasteiger partial charge in [-0.15, -0.1) is 0 Å². The first-order chi connectivity index (χ1) is 28.9. The summed E-state index contributed by atoms with van der Waals surface area (Å²) in [6.45, 7) is 11.1. The number of esters is 3. The van der Waals surface area contributed by atoms with Crippen LogP contribution in [-0.4, -0.2) is 89.1 Å². The van der Waals surface area contributed by atoms with Gasteiger partial charge in [0.15, 0.2) is 0 Å². The third-order valence-electron chi connectivity index (χ3n) is 14.3. The number of fused-ring (bicyclic) bond motifs is 5. The van der Waals surface area contributed by atoms with E-state index in [1.54, 1.807) is 126 Å². The minimum Gasteiger partial charge on any atom is -0.455 e. The molecule has 3 aromatic carbocycles. The summed E-state index contributed by atoms with van der Waals surface area (Å²) in [6.07, 6.45) is -6.31. The minimum atomic E-state index is -2.03. The van der Waals surface area contributed by atoms with Crippen LogP contribution >= 0.6 is 0 Å². The van der Waals surface area contributed by atoms with Crippen molar-refractivity contribution in [3.8, 4) is 0 Å². The molecule has 1 heterocycles. The lowest BCUT2D eigenvalue weighted by molar-refractivity contribution is -0.366. The smallest absolute Gasteiger partial charge is 0.350 e. The summed E-state index contributed by atoms with van der Waals surface area (Å²) in [5.74, 6) is -5.18. The third kappa shape index (κ3) is 7.38. The molecule has 1 aliphatic heterocycles. The molecule has 3 fully saturated rings. The van der Waals surface area contributed by atoms with Crippen LogP contribution in [-0.2, 0) is 33.3 Å². The van der Waals surface area contributed by atoms with Gasteiger partial charge in [0.1, 0.15) is 29.6 Å². The molecule has 0 aromatic heterocycles. The SMILES string of the molecule is CC1=C2[C@@H](C)C(=O)[C@@]3(C)C([C@H](OC(=O)c4ccccc4)[C@](O)(C[C@@H]1OC(=O)[C@H](OC(=O)CC[NH3+])C(NC(=O)c1ccccc1)c1ccccc1)C2(C)C)[C@]1(C)COC1C[C@@H]3O.